The Labute approximate surface area is 157 Å². The first kappa shape index (κ1) is 20.5. The van der Waals surface area contributed by atoms with Crippen molar-refractivity contribution in [1.29, 1.82) is 0 Å². The summed E-state index contributed by atoms with van der Waals surface area (Å²) in [6.07, 6.45) is 0. The maximum absolute atomic E-state index is 12.5. The average molecular weight is 414 g/mol. The summed E-state index contributed by atoms with van der Waals surface area (Å²) < 4.78 is 6.08. The molecule has 4 nitrogen and oxygen atoms in total. The number of hydrogen-bond acceptors (Lipinski definition) is 3. The van der Waals surface area contributed by atoms with Gasteiger partial charge in [-0.1, -0.05) is 36.4 Å². The lowest BCUT2D eigenvalue weighted by atomic mass is 9.97. The van der Waals surface area contributed by atoms with Crippen LogP contribution in [0.5, 0.6) is 5.75 Å². The summed E-state index contributed by atoms with van der Waals surface area (Å²) in [6, 6.07) is 15.2. The molecule has 0 aromatic heterocycles. The van der Waals surface area contributed by atoms with Crippen LogP contribution >= 0.6 is 28.3 Å². The van der Waals surface area contributed by atoms with Crippen LogP contribution in [0.15, 0.2) is 53.0 Å². The molecule has 0 saturated heterocycles. The van der Waals surface area contributed by atoms with E-state index in [9.17, 15) is 4.79 Å². The number of halogens is 2. The lowest BCUT2D eigenvalue weighted by molar-refractivity contribution is -0.123. The highest BCUT2D eigenvalue weighted by atomic mass is 79.9. The molecule has 0 heterocycles. The molecule has 2 rings (SSSR count). The maximum Gasteiger partial charge on any atom is 0.229 e. The van der Waals surface area contributed by atoms with Gasteiger partial charge in [-0.15, -0.1) is 12.4 Å². The number of carbonyl (C=O) groups excluding carboxylic acids is 1. The van der Waals surface area contributed by atoms with Crippen molar-refractivity contribution in [3.05, 3.63) is 64.1 Å². The van der Waals surface area contributed by atoms with Gasteiger partial charge >= 0.3 is 0 Å². The largest absolute Gasteiger partial charge is 0.496 e. The Hall–Kier alpha value is -1.56. The fourth-order valence-corrected chi connectivity index (χ4v) is 2.99. The topological polar surface area (TPSA) is 64.3 Å². The van der Waals surface area contributed by atoms with Gasteiger partial charge in [-0.3, -0.25) is 4.79 Å². The van der Waals surface area contributed by atoms with Crippen LogP contribution in [0.25, 0.3) is 0 Å². The van der Waals surface area contributed by atoms with Crippen molar-refractivity contribution in [2.45, 2.75) is 18.9 Å². The summed E-state index contributed by atoms with van der Waals surface area (Å²) in [6.45, 7) is 2.22. The van der Waals surface area contributed by atoms with Gasteiger partial charge in [0.2, 0.25) is 5.91 Å². The van der Waals surface area contributed by atoms with E-state index in [1.54, 1.807) is 7.11 Å². The Kier molecular flexibility index (Phi) is 8.25. The Morgan fingerprint density at radius 2 is 1.88 bits per heavy atom. The first-order chi connectivity index (χ1) is 11.1. The van der Waals surface area contributed by atoms with Crippen molar-refractivity contribution >= 4 is 34.2 Å². The summed E-state index contributed by atoms with van der Waals surface area (Å²) >= 11 is 3.46. The highest BCUT2D eigenvalue weighted by Gasteiger charge is 2.21. The third-order valence-corrected chi connectivity index (χ3v) is 4.41. The zero-order valence-electron chi connectivity index (χ0n) is 13.7. The molecule has 130 valence electrons. The van der Waals surface area contributed by atoms with Gasteiger partial charge in [-0.05, 0) is 46.1 Å². The highest BCUT2D eigenvalue weighted by molar-refractivity contribution is 9.10. The van der Waals surface area contributed by atoms with Crippen molar-refractivity contribution in [2.24, 2.45) is 5.73 Å². The normalized spacial score (nSPS) is 12.7. The van der Waals surface area contributed by atoms with Gasteiger partial charge in [0.05, 0.1) is 23.5 Å². The lowest BCUT2D eigenvalue weighted by Gasteiger charge is -2.20. The smallest absolute Gasteiger partial charge is 0.229 e. The molecule has 0 aliphatic rings. The summed E-state index contributed by atoms with van der Waals surface area (Å²) in [5, 5.41) is 3.03. The molecule has 0 saturated carbocycles. The summed E-state index contributed by atoms with van der Waals surface area (Å²) in [7, 11) is 1.62. The molecule has 2 unspecified atom stereocenters. The van der Waals surface area contributed by atoms with Gasteiger partial charge in [0.25, 0.3) is 0 Å². The van der Waals surface area contributed by atoms with E-state index in [4.69, 9.17) is 10.5 Å². The number of nitrogens with two attached hydrogens (primary N) is 1. The van der Waals surface area contributed by atoms with E-state index < -0.39 is 0 Å². The van der Waals surface area contributed by atoms with Gasteiger partial charge in [-0.25, -0.2) is 0 Å². The van der Waals surface area contributed by atoms with Crippen LogP contribution < -0.4 is 15.8 Å². The number of methoxy groups -OCH3 is 1. The number of benzene rings is 2. The Morgan fingerprint density at radius 3 is 2.42 bits per heavy atom. The molecule has 2 aromatic rings. The predicted octanol–water partition coefficient (Wildman–Crippen LogP) is 3.80. The summed E-state index contributed by atoms with van der Waals surface area (Å²) in [4.78, 5) is 12.5. The number of carbonyl (C=O) groups is 1. The molecule has 2 atom stereocenters. The molecule has 0 aliphatic carbocycles. The molecule has 0 fully saturated rings. The van der Waals surface area contributed by atoms with Gasteiger partial charge in [0.15, 0.2) is 0 Å². The summed E-state index contributed by atoms with van der Waals surface area (Å²) in [5.74, 6) is 0.342. The van der Waals surface area contributed by atoms with Crippen LogP contribution in [0.4, 0.5) is 0 Å². The van der Waals surface area contributed by atoms with Crippen LogP contribution in [0.1, 0.15) is 30.0 Å². The van der Waals surface area contributed by atoms with E-state index in [0.29, 0.717) is 0 Å². The van der Waals surface area contributed by atoms with E-state index >= 15 is 0 Å². The van der Waals surface area contributed by atoms with Crippen LogP contribution in [0, 0.1) is 0 Å². The first-order valence-corrected chi connectivity index (χ1v) is 8.25. The third-order valence-electron chi connectivity index (χ3n) is 3.79. The molecule has 3 N–H and O–H groups in total. The maximum atomic E-state index is 12.5. The van der Waals surface area contributed by atoms with E-state index in [0.717, 1.165) is 21.3 Å². The molecule has 0 bridgehead atoms. The van der Waals surface area contributed by atoms with Gasteiger partial charge in [0, 0.05) is 6.54 Å². The van der Waals surface area contributed by atoms with E-state index in [2.05, 4.69) is 21.2 Å². The van der Waals surface area contributed by atoms with Crippen molar-refractivity contribution in [3.8, 4) is 5.75 Å². The second-order valence-corrected chi connectivity index (χ2v) is 6.18. The molecule has 0 radical (unpaired) electrons. The standard InChI is InChI=1S/C18H21BrN2O2.ClH/c1-12(14-8-9-17(23-2)16(19)10-14)21-18(22)15(11-20)13-6-4-3-5-7-13;/h3-10,12,15H,11,20H2,1-2H3,(H,21,22);1H. The molecule has 24 heavy (non-hydrogen) atoms. The van der Waals surface area contributed by atoms with E-state index in [1.165, 1.54) is 0 Å². The second-order valence-electron chi connectivity index (χ2n) is 5.32. The molecular formula is C18H22BrClN2O2. The van der Waals surface area contributed by atoms with Gasteiger partial charge in [-0.2, -0.15) is 0 Å². The van der Waals surface area contributed by atoms with Crippen molar-refractivity contribution in [3.63, 3.8) is 0 Å². The molecule has 6 heteroatoms. The molecule has 2 aromatic carbocycles. The van der Waals surface area contributed by atoms with Crippen molar-refractivity contribution in [2.75, 3.05) is 13.7 Å². The van der Waals surface area contributed by atoms with E-state index in [-0.39, 0.29) is 36.8 Å². The fourth-order valence-electron chi connectivity index (χ4n) is 2.43. The third kappa shape index (κ3) is 4.97. The Bertz CT molecular complexity index is 667. The Morgan fingerprint density at radius 1 is 1.21 bits per heavy atom. The zero-order chi connectivity index (χ0) is 16.8. The number of ether oxygens (including phenoxy) is 1. The minimum Gasteiger partial charge on any atom is -0.496 e. The minimum absolute atomic E-state index is 0. The van der Waals surface area contributed by atoms with Gasteiger partial charge in [0.1, 0.15) is 5.75 Å². The van der Waals surface area contributed by atoms with Crippen molar-refractivity contribution < 1.29 is 9.53 Å². The highest BCUT2D eigenvalue weighted by Crippen LogP contribution is 2.28. The number of nitrogens with one attached hydrogen (secondary N) is 1. The van der Waals surface area contributed by atoms with Crippen LogP contribution in [0.2, 0.25) is 0 Å². The molecule has 1 amide bonds. The quantitative estimate of drug-likeness (QED) is 0.757. The second kappa shape index (κ2) is 9.67. The number of amides is 1. The van der Waals surface area contributed by atoms with Gasteiger partial charge < -0.3 is 15.8 Å². The van der Waals surface area contributed by atoms with Crippen LogP contribution in [0.3, 0.4) is 0 Å². The fraction of sp³-hybridized carbons (Fsp3) is 0.278. The number of hydrogen-bond donors (Lipinski definition) is 2. The van der Waals surface area contributed by atoms with Crippen LogP contribution in [-0.4, -0.2) is 19.6 Å². The van der Waals surface area contributed by atoms with E-state index in [1.807, 2.05) is 55.5 Å². The summed E-state index contributed by atoms with van der Waals surface area (Å²) in [5.41, 5.74) is 7.72. The predicted molar refractivity (Wildman–Crippen MR) is 103 cm³/mol. The zero-order valence-corrected chi connectivity index (χ0v) is 16.1. The Balaban J connectivity index is 0.00000288. The molecule has 0 aliphatic heterocycles. The monoisotopic (exact) mass is 412 g/mol. The SMILES string of the molecule is COc1ccc(C(C)NC(=O)C(CN)c2ccccc2)cc1Br.Cl. The van der Waals surface area contributed by atoms with Crippen LogP contribution in [-0.2, 0) is 4.79 Å². The number of rotatable bonds is 6. The lowest BCUT2D eigenvalue weighted by Crippen LogP contribution is -2.35. The minimum atomic E-state index is -0.347. The average Bonchev–Trinajstić information content (AvgIpc) is 2.56. The molecule has 0 spiro atoms. The molecular weight excluding hydrogens is 392 g/mol. The first-order valence-electron chi connectivity index (χ1n) is 7.45. The van der Waals surface area contributed by atoms with Crippen molar-refractivity contribution in [1.82, 2.24) is 5.32 Å².